The number of aliphatic hydroxyl groups is 1. The number of likely N-dealkylation sites (N-methyl/N-ethyl adjacent to an activating group) is 1. The smallest absolute Gasteiger partial charge is 0.0612 e. The maximum absolute atomic E-state index is 9.29. The second-order valence-electron chi connectivity index (χ2n) is 4.11. The summed E-state index contributed by atoms with van der Waals surface area (Å²) in [7, 11) is 2.08. The summed E-state index contributed by atoms with van der Waals surface area (Å²) in [6, 6.07) is 0.494. The molecule has 0 saturated heterocycles. The summed E-state index contributed by atoms with van der Waals surface area (Å²) in [5.41, 5.74) is -0.0388. The fourth-order valence-corrected chi connectivity index (χ4v) is 1.53. The molecule has 0 bridgehead atoms. The van der Waals surface area contributed by atoms with Crippen LogP contribution in [0.4, 0.5) is 0 Å². The Morgan fingerprint density at radius 3 is 2.17 bits per heavy atom. The van der Waals surface area contributed by atoms with Crippen molar-refractivity contribution in [3.8, 4) is 0 Å². The van der Waals surface area contributed by atoms with E-state index in [1.54, 1.807) is 0 Å². The first-order valence-corrected chi connectivity index (χ1v) is 4.81. The molecule has 12 heavy (non-hydrogen) atoms. The van der Waals surface area contributed by atoms with Crippen LogP contribution in [0, 0.1) is 0 Å². The van der Waals surface area contributed by atoms with Crippen LogP contribution in [0.1, 0.15) is 40.5 Å². The molecule has 0 aromatic heterocycles. The van der Waals surface area contributed by atoms with Crippen molar-refractivity contribution in [1.29, 1.82) is 0 Å². The minimum Gasteiger partial charge on any atom is -0.394 e. The van der Waals surface area contributed by atoms with Crippen molar-refractivity contribution in [1.82, 2.24) is 4.90 Å². The van der Waals surface area contributed by atoms with E-state index in [1.807, 2.05) is 0 Å². The van der Waals surface area contributed by atoms with Gasteiger partial charge in [-0.1, -0.05) is 13.3 Å². The first-order chi connectivity index (χ1) is 5.48. The summed E-state index contributed by atoms with van der Waals surface area (Å²) >= 11 is 0. The molecule has 0 aromatic carbocycles. The van der Waals surface area contributed by atoms with Gasteiger partial charge < -0.3 is 5.11 Å². The summed E-state index contributed by atoms with van der Waals surface area (Å²) < 4.78 is 0. The van der Waals surface area contributed by atoms with Crippen LogP contribution in [-0.4, -0.2) is 35.2 Å². The second-order valence-corrected chi connectivity index (χ2v) is 4.11. The van der Waals surface area contributed by atoms with E-state index in [0.29, 0.717) is 6.04 Å². The van der Waals surface area contributed by atoms with Gasteiger partial charge in [0.2, 0.25) is 0 Å². The lowest BCUT2D eigenvalue weighted by atomic mass is 9.94. The van der Waals surface area contributed by atoms with Crippen LogP contribution in [-0.2, 0) is 0 Å². The number of hydrogen-bond donors (Lipinski definition) is 1. The highest BCUT2D eigenvalue weighted by molar-refractivity contribution is 4.84. The van der Waals surface area contributed by atoms with E-state index in [4.69, 9.17) is 0 Å². The molecule has 0 saturated carbocycles. The lowest BCUT2D eigenvalue weighted by Crippen LogP contribution is -2.50. The topological polar surface area (TPSA) is 23.5 Å². The van der Waals surface area contributed by atoms with E-state index in [-0.39, 0.29) is 12.1 Å². The van der Waals surface area contributed by atoms with Crippen molar-refractivity contribution in [2.45, 2.75) is 52.1 Å². The summed E-state index contributed by atoms with van der Waals surface area (Å²) in [6.45, 7) is 8.83. The number of nitrogens with zero attached hydrogens (tertiary/aromatic N) is 1. The summed E-state index contributed by atoms with van der Waals surface area (Å²) in [5, 5.41) is 9.29. The van der Waals surface area contributed by atoms with E-state index >= 15 is 0 Å². The third kappa shape index (κ3) is 2.76. The molecule has 74 valence electrons. The molecule has 0 spiro atoms. The zero-order valence-corrected chi connectivity index (χ0v) is 9.09. The Morgan fingerprint density at radius 2 is 1.92 bits per heavy atom. The zero-order chi connectivity index (χ0) is 9.78. The van der Waals surface area contributed by atoms with E-state index in [9.17, 15) is 5.11 Å². The van der Waals surface area contributed by atoms with Crippen LogP contribution < -0.4 is 0 Å². The molecular formula is C10H23NO. The monoisotopic (exact) mass is 173 g/mol. The summed E-state index contributed by atoms with van der Waals surface area (Å²) in [4.78, 5) is 2.25. The minimum atomic E-state index is -0.0388. The van der Waals surface area contributed by atoms with Crippen LogP contribution in [0.5, 0.6) is 0 Å². The highest BCUT2D eigenvalue weighted by Crippen LogP contribution is 2.21. The fourth-order valence-electron chi connectivity index (χ4n) is 1.53. The van der Waals surface area contributed by atoms with Gasteiger partial charge in [0.05, 0.1) is 6.61 Å². The molecule has 0 rings (SSSR count). The largest absolute Gasteiger partial charge is 0.394 e. The lowest BCUT2D eigenvalue weighted by Gasteiger charge is -2.40. The minimum absolute atomic E-state index is 0.0388. The summed E-state index contributed by atoms with van der Waals surface area (Å²) in [5.74, 6) is 0. The Kier molecular flexibility index (Phi) is 4.80. The molecule has 0 amide bonds. The number of hydrogen-bond acceptors (Lipinski definition) is 2. The van der Waals surface area contributed by atoms with Crippen molar-refractivity contribution in [2.24, 2.45) is 0 Å². The van der Waals surface area contributed by atoms with E-state index in [1.165, 1.54) is 0 Å². The van der Waals surface area contributed by atoms with Gasteiger partial charge in [-0.15, -0.1) is 0 Å². The van der Waals surface area contributed by atoms with Crippen molar-refractivity contribution in [3.05, 3.63) is 0 Å². The average Bonchev–Trinajstić information content (AvgIpc) is 2.03. The van der Waals surface area contributed by atoms with Gasteiger partial charge in [-0.2, -0.15) is 0 Å². The standard InChI is InChI=1S/C10H23NO/c1-6-7-10(4,8-12)11(5)9(2)3/h9,12H,6-8H2,1-5H3. The Morgan fingerprint density at radius 1 is 1.42 bits per heavy atom. The van der Waals surface area contributed by atoms with Gasteiger partial charge >= 0.3 is 0 Å². The van der Waals surface area contributed by atoms with Gasteiger partial charge in [-0.3, -0.25) is 4.90 Å². The third-order valence-electron chi connectivity index (χ3n) is 2.76. The summed E-state index contributed by atoms with van der Waals surface area (Å²) in [6.07, 6.45) is 2.17. The van der Waals surface area contributed by atoms with Crippen LogP contribution in [0.3, 0.4) is 0 Å². The molecule has 1 unspecified atom stereocenters. The molecule has 1 N–H and O–H groups in total. The SMILES string of the molecule is CCCC(C)(CO)N(C)C(C)C. The van der Waals surface area contributed by atoms with E-state index in [2.05, 4.69) is 39.6 Å². The fraction of sp³-hybridized carbons (Fsp3) is 1.00. The van der Waals surface area contributed by atoms with Crippen molar-refractivity contribution < 1.29 is 5.11 Å². The molecule has 0 aliphatic rings. The third-order valence-corrected chi connectivity index (χ3v) is 2.76. The van der Waals surface area contributed by atoms with Crippen LogP contribution >= 0.6 is 0 Å². The molecule has 0 aromatic rings. The van der Waals surface area contributed by atoms with E-state index < -0.39 is 0 Å². The van der Waals surface area contributed by atoms with Gasteiger partial charge in [-0.05, 0) is 34.2 Å². The zero-order valence-electron chi connectivity index (χ0n) is 9.09. The predicted octanol–water partition coefficient (Wildman–Crippen LogP) is 1.88. The van der Waals surface area contributed by atoms with Crippen molar-refractivity contribution >= 4 is 0 Å². The molecule has 0 radical (unpaired) electrons. The highest BCUT2D eigenvalue weighted by atomic mass is 16.3. The molecule has 0 aliphatic carbocycles. The van der Waals surface area contributed by atoms with Gasteiger partial charge in [0.15, 0.2) is 0 Å². The molecule has 2 heteroatoms. The maximum atomic E-state index is 9.29. The quantitative estimate of drug-likeness (QED) is 0.686. The highest BCUT2D eigenvalue weighted by Gasteiger charge is 2.28. The van der Waals surface area contributed by atoms with Crippen LogP contribution in [0.2, 0.25) is 0 Å². The van der Waals surface area contributed by atoms with Crippen LogP contribution in [0.25, 0.3) is 0 Å². The van der Waals surface area contributed by atoms with Crippen LogP contribution in [0.15, 0.2) is 0 Å². The maximum Gasteiger partial charge on any atom is 0.0612 e. The van der Waals surface area contributed by atoms with Crippen molar-refractivity contribution in [2.75, 3.05) is 13.7 Å². The Labute approximate surface area is 76.6 Å². The predicted molar refractivity (Wildman–Crippen MR) is 53.3 cm³/mol. The second kappa shape index (κ2) is 4.83. The molecular weight excluding hydrogens is 150 g/mol. The number of rotatable bonds is 5. The molecule has 2 nitrogen and oxygen atoms in total. The lowest BCUT2D eigenvalue weighted by molar-refractivity contribution is 0.0346. The normalized spacial score (nSPS) is 17.0. The molecule has 0 aliphatic heterocycles. The Bertz CT molecular complexity index is 125. The molecule has 0 fully saturated rings. The number of aliphatic hydroxyl groups excluding tert-OH is 1. The van der Waals surface area contributed by atoms with Gasteiger partial charge in [0.1, 0.15) is 0 Å². The molecule has 1 atom stereocenters. The van der Waals surface area contributed by atoms with Gasteiger partial charge in [-0.25, -0.2) is 0 Å². The Balaban J connectivity index is 4.28. The van der Waals surface area contributed by atoms with Gasteiger partial charge in [0.25, 0.3) is 0 Å². The first kappa shape index (κ1) is 11.9. The molecule has 0 heterocycles. The van der Waals surface area contributed by atoms with E-state index in [0.717, 1.165) is 12.8 Å². The van der Waals surface area contributed by atoms with Gasteiger partial charge in [0, 0.05) is 11.6 Å². The Hall–Kier alpha value is -0.0800. The average molecular weight is 173 g/mol. The van der Waals surface area contributed by atoms with Crippen molar-refractivity contribution in [3.63, 3.8) is 0 Å². The first-order valence-electron chi connectivity index (χ1n) is 4.81.